The quantitative estimate of drug-likeness (QED) is 0.915. The Bertz CT molecular complexity index is 786. The van der Waals surface area contributed by atoms with Gasteiger partial charge in [0.25, 0.3) is 5.91 Å². The van der Waals surface area contributed by atoms with Crippen molar-refractivity contribution in [3.05, 3.63) is 46.2 Å². The molecule has 2 N–H and O–H groups in total. The Morgan fingerprint density at radius 1 is 1.23 bits per heavy atom. The number of nitrogens with one attached hydrogen (secondary N) is 1. The van der Waals surface area contributed by atoms with E-state index in [1.165, 1.54) is 16.5 Å². The maximum atomic E-state index is 12.2. The summed E-state index contributed by atoms with van der Waals surface area (Å²) >= 11 is 0. The minimum absolute atomic E-state index is 0.0568. The van der Waals surface area contributed by atoms with Crippen molar-refractivity contribution in [3.8, 4) is 0 Å². The maximum Gasteiger partial charge on any atom is 0.251 e. The van der Waals surface area contributed by atoms with Crippen LogP contribution in [0.15, 0.2) is 29.3 Å². The molecule has 1 unspecified atom stereocenters. The second-order valence-corrected chi connectivity index (χ2v) is 6.16. The summed E-state index contributed by atoms with van der Waals surface area (Å²) in [4.78, 5) is 17.2. The predicted molar refractivity (Wildman–Crippen MR) is 87.6 cm³/mol. The third-order valence-electron chi connectivity index (χ3n) is 4.82. The summed E-state index contributed by atoms with van der Waals surface area (Å²) in [6, 6.07) is 6.25. The summed E-state index contributed by atoms with van der Waals surface area (Å²) in [7, 11) is 0. The highest BCUT2D eigenvalue weighted by molar-refractivity contribution is 5.96. The summed E-state index contributed by atoms with van der Waals surface area (Å²) in [5, 5.41) is 11.4. The lowest BCUT2D eigenvalue weighted by Crippen LogP contribution is -2.36. The van der Waals surface area contributed by atoms with Crippen LogP contribution in [0.4, 0.5) is 0 Å². The number of carbonyl (C=O) groups excluding carboxylic acids is 1. The number of rotatable bonds is 3. The predicted octanol–water partition coefficient (Wildman–Crippen LogP) is 2.82. The van der Waals surface area contributed by atoms with E-state index in [-0.39, 0.29) is 5.91 Å². The molecule has 1 aliphatic rings. The number of aromatic nitrogens is 1. The van der Waals surface area contributed by atoms with Crippen molar-refractivity contribution >= 4 is 16.8 Å². The van der Waals surface area contributed by atoms with Gasteiger partial charge >= 0.3 is 0 Å². The van der Waals surface area contributed by atoms with Crippen molar-refractivity contribution in [2.75, 3.05) is 6.54 Å². The van der Waals surface area contributed by atoms with Crippen LogP contribution in [-0.2, 0) is 11.2 Å². The Hall–Kier alpha value is -2.07. The Kier molecular flexibility index (Phi) is 3.57. The molecule has 1 aliphatic heterocycles. The average Bonchev–Trinajstić information content (AvgIpc) is 2.90. The number of nitrogens with zero attached hydrogens (tertiary/aromatic N) is 1. The number of hydrogen-bond donors (Lipinski definition) is 2. The minimum atomic E-state index is -0.778. The van der Waals surface area contributed by atoms with E-state index in [4.69, 9.17) is 0 Å². The van der Waals surface area contributed by atoms with Gasteiger partial charge in [0.1, 0.15) is 0 Å². The molecule has 116 valence electrons. The lowest BCUT2D eigenvalue weighted by molar-refractivity contribution is -0.131. The zero-order valence-electron chi connectivity index (χ0n) is 13.5. The van der Waals surface area contributed by atoms with Crippen molar-refractivity contribution in [1.82, 2.24) is 9.88 Å². The van der Waals surface area contributed by atoms with Crippen LogP contribution in [-0.4, -0.2) is 33.7 Å². The third-order valence-corrected chi connectivity index (χ3v) is 4.82. The summed E-state index contributed by atoms with van der Waals surface area (Å²) in [5.74, 6) is -0.0568. The second-order valence-electron chi connectivity index (χ2n) is 6.16. The smallest absolute Gasteiger partial charge is 0.251 e. The molecule has 22 heavy (non-hydrogen) atoms. The highest BCUT2D eigenvalue weighted by Gasteiger charge is 2.33. The molecule has 0 aliphatic carbocycles. The summed E-state index contributed by atoms with van der Waals surface area (Å²) in [6.07, 6.45) is -0.0432. The van der Waals surface area contributed by atoms with Gasteiger partial charge in [-0.15, -0.1) is 0 Å². The van der Waals surface area contributed by atoms with Gasteiger partial charge in [-0.05, 0) is 50.8 Å². The topological polar surface area (TPSA) is 56.3 Å². The van der Waals surface area contributed by atoms with Gasteiger partial charge in [-0.3, -0.25) is 4.79 Å². The van der Waals surface area contributed by atoms with Gasteiger partial charge in [0.05, 0.1) is 0 Å². The SMILES string of the molecule is CC1=C(C)C(O)N(CCc2c(C)[nH]c3c(C)cccc23)C1=O. The molecular formula is C18H22N2O2. The molecule has 0 saturated heterocycles. The number of aryl methyl sites for hydroxylation is 2. The standard InChI is InChI=1S/C18H22N2O2/c1-10-6-5-7-15-14(13(4)19-16(10)15)8-9-20-17(21)11(2)12(3)18(20)22/h5-7,17,19,21H,8-9H2,1-4H3. The Labute approximate surface area is 130 Å². The van der Waals surface area contributed by atoms with Crippen LogP contribution >= 0.6 is 0 Å². The number of amides is 1. The molecule has 1 atom stereocenters. The lowest BCUT2D eigenvalue weighted by Gasteiger charge is -2.22. The molecule has 2 heterocycles. The number of aliphatic hydroxyl groups is 1. The second kappa shape index (κ2) is 5.29. The fourth-order valence-electron chi connectivity index (χ4n) is 3.25. The van der Waals surface area contributed by atoms with E-state index >= 15 is 0 Å². The molecule has 0 spiro atoms. The number of fused-ring (bicyclic) bond motifs is 1. The van der Waals surface area contributed by atoms with Gasteiger partial charge in [-0.2, -0.15) is 0 Å². The van der Waals surface area contributed by atoms with E-state index in [9.17, 15) is 9.90 Å². The number of para-hydroxylation sites is 1. The summed E-state index contributed by atoms with van der Waals surface area (Å²) < 4.78 is 0. The van der Waals surface area contributed by atoms with Crippen LogP contribution in [0.2, 0.25) is 0 Å². The Morgan fingerprint density at radius 3 is 2.59 bits per heavy atom. The van der Waals surface area contributed by atoms with E-state index in [1.54, 1.807) is 11.8 Å². The molecule has 4 heteroatoms. The van der Waals surface area contributed by atoms with Crippen molar-refractivity contribution < 1.29 is 9.90 Å². The van der Waals surface area contributed by atoms with Gasteiger partial charge in [0.15, 0.2) is 6.23 Å². The highest BCUT2D eigenvalue weighted by atomic mass is 16.3. The van der Waals surface area contributed by atoms with Gasteiger partial charge < -0.3 is 15.0 Å². The van der Waals surface area contributed by atoms with Crippen molar-refractivity contribution in [2.45, 2.75) is 40.3 Å². The molecule has 3 rings (SSSR count). The van der Waals surface area contributed by atoms with Crippen LogP contribution in [0, 0.1) is 13.8 Å². The van der Waals surface area contributed by atoms with Gasteiger partial charge in [0, 0.05) is 28.7 Å². The molecule has 1 aromatic carbocycles. The van der Waals surface area contributed by atoms with Crippen molar-refractivity contribution in [2.24, 2.45) is 0 Å². The fourth-order valence-corrected chi connectivity index (χ4v) is 3.25. The van der Waals surface area contributed by atoms with Crippen LogP contribution < -0.4 is 0 Å². The van der Waals surface area contributed by atoms with E-state index in [1.807, 2.05) is 6.92 Å². The normalized spacial score (nSPS) is 18.9. The van der Waals surface area contributed by atoms with Crippen molar-refractivity contribution in [3.63, 3.8) is 0 Å². The first-order valence-electron chi connectivity index (χ1n) is 7.65. The zero-order chi connectivity index (χ0) is 16.0. The number of H-pyrrole nitrogens is 1. The molecule has 0 bridgehead atoms. The number of aliphatic hydroxyl groups excluding tert-OH is 1. The van der Waals surface area contributed by atoms with E-state index in [0.717, 1.165) is 23.2 Å². The largest absolute Gasteiger partial charge is 0.369 e. The molecule has 0 radical (unpaired) electrons. The summed E-state index contributed by atoms with van der Waals surface area (Å²) in [6.45, 7) is 8.27. The molecule has 4 nitrogen and oxygen atoms in total. The monoisotopic (exact) mass is 298 g/mol. The lowest BCUT2D eigenvalue weighted by atomic mass is 10.1. The van der Waals surface area contributed by atoms with E-state index in [2.05, 4.69) is 37.0 Å². The average molecular weight is 298 g/mol. The number of hydrogen-bond acceptors (Lipinski definition) is 2. The van der Waals surface area contributed by atoms with E-state index < -0.39 is 6.23 Å². The molecule has 1 amide bonds. The first-order chi connectivity index (χ1) is 10.4. The molecule has 2 aromatic rings. The molecular weight excluding hydrogens is 276 g/mol. The van der Waals surface area contributed by atoms with Crippen LogP contribution in [0.1, 0.15) is 30.7 Å². The van der Waals surface area contributed by atoms with Crippen LogP contribution in [0.3, 0.4) is 0 Å². The van der Waals surface area contributed by atoms with E-state index in [0.29, 0.717) is 12.1 Å². The van der Waals surface area contributed by atoms with Crippen molar-refractivity contribution in [1.29, 1.82) is 0 Å². The number of aromatic amines is 1. The maximum absolute atomic E-state index is 12.2. The zero-order valence-corrected chi connectivity index (χ0v) is 13.5. The Balaban J connectivity index is 1.85. The minimum Gasteiger partial charge on any atom is -0.369 e. The van der Waals surface area contributed by atoms with Gasteiger partial charge in [0.2, 0.25) is 0 Å². The third kappa shape index (κ3) is 2.15. The molecule has 0 fully saturated rings. The summed E-state index contributed by atoms with van der Waals surface area (Å²) in [5.41, 5.74) is 6.16. The molecule has 1 aromatic heterocycles. The van der Waals surface area contributed by atoms with Crippen LogP contribution in [0.5, 0.6) is 0 Å². The first kappa shape index (κ1) is 14.9. The van der Waals surface area contributed by atoms with Gasteiger partial charge in [-0.1, -0.05) is 18.2 Å². The Morgan fingerprint density at radius 2 is 1.95 bits per heavy atom. The van der Waals surface area contributed by atoms with Crippen LogP contribution in [0.25, 0.3) is 10.9 Å². The molecule has 0 saturated carbocycles. The van der Waals surface area contributed by atoms with Gasteiger partial charge in [-0.25, -0.2) is 0 Å². The highest BCUT2D eigenvalue weighted by Crippen LogP contribution is 2.27. The number of carbonyl (C=O) groups is 1. The first-order valence-corrected chi connectivity index (χ1v) is 7.65. The fraction of sp³-hybridized carbons (Fsp3) is 0.389. The number of benzene rings is 1.